The number of alkyl halides is 3. The van der Waals surface area contributed by atoms with E-state index < -0.39 is 17.4 Å². The van der Waals surface area contributed by atoms with Gasteiger partial charge in [-0.15, -0.1) is 0 Å². The van der Waals surface area contributed by atoms with Gasteiger partial charge >= 0.3 is 6.18 Å². The summed E-state index contributed by atoms with van der Waals surface area (Å²) in [6.07, 6.45) is -2.88. The summed E-state index contributed by atoms with van der Waals surface area (Å²) in [5.41, 5.74) is 4.33. The zero-order valence-electron chi connectivity index (χ0n) is 11.4. The van der Waals surface area contributed by atoms with Crippen LogP contribution < -0.4 is 5.73 Å². The Labute approximate surface area is 121 Å². The number of anilines is 1. The number of carbonyl (C=O) groups excluding carboxylic acids is 1. The molecule has 1 rings (SSSR count). The lowest BCUT2D eigenvalue weighted by molar-refractivity contribution is -0.137. The summed E-state index contributed by atoms with van der Waals surface area (Å²) >= 11 is 5.76. The van der Waals surface area contributed by atoms with Crippen LogP contribution in [-0.2, 0) is 17.4 Å². The van der Waals surface area contributed by atoms with Crippen molar-refractivity contribution in [3.05, 3.63) is 28.3 Å². The minimum atomic E-state index is -4.56. The molecule has 20 heavy (non-hydrogen) atoms. The number of rotatable bonds is 5. The van der Waals surface area contributed by atoms with Crippen molar-refractivity contribution >= 4 is 23.1 Å². The number of ketones is 1. The van der Waals surface area contributed by atoms with E-state index in [9.17, 15) is 18.0 Å². The molecular weight excluding hydrogens is 291 g/mol. The molecule has 0 heterocycles. The lowest BCUT2D eigenvalue weighted by Crippen LogP contribution is -2.15. The van der Waals surface area contributed by atoms with Crippen molar-refractivity contribution in [1.82, 2.24) is 0 Å². The van der Waals surface area contributed by atoms with Crippen molar-refractivity contribution in [2.45, 2.75) is 39.3 Å². The van der Waals surface area contributed by atoms with Gasteiger partial charge in [-0.25, -0.2) is 0 Å². The largest absolute Gasteiger partial charge is 0.418 e. The van der Waals surface area contributed by atoms with Crippen LogP contribution in [0.25, 0.3) is 0 Å². The Morgan fingerprint density at radius 3 is 2.45 bits per heavy atom. The third-order valence-electron chi connectivity index (χ3n) is 3.19. The van der Waals surface area contributed by atoms with Crippen LogP contribution in [-0.4, -0.2) is 5.78 Å². The van der Waals surface area contributed by atoms with Gasteiger partial charge in [-0.1, -0.05) is 24.9 Å². The second-order valence-electron chi connectivity index (χ2n) is 4.84. The number of halogens is 4. The molecule has 6 heteroatoms. The zero-order valence-corrected chi connectivity index (χ0v) is 12.1. The maximum atomic E-state index is 12.8. The fourth-order valence-corrected chi connectivity index (χ4v) is 2.35. The molecule has 0 bridgehead atoms. The van der Waals surface area contributed by atoms with Crippen molar-refractivity contribution < 1.29 is 18.0 Å². The predicted molar refractivity (Wildman–Crippen MR) is 73.6 cm³/mol. The van der Waals surface area contributed by atoms with Crippen molar-refractivity contribution in [2.24, 2.45) is 5.92 Å². The number of hydrogen-bond donors (Lipinski definition) is 1. The van der Waals surface area contributed by atoms with Crippen molar-refractivity contribution in [1.29, 1.82) is 0 Å². The summed E-state index contributed by atoms with van der Waals surface area (Å²) in [7, 11) is 0. The van der Waals surface area contributed by atoms with Gasteiger partial charge in [-0.05, 0) is 37.5 Å². The molecule has 2 nitrogen and oxygen atoms in total. The Kier molecular flexibility index (Phi) is 5.45. The van der Waals surface area contributed by atoms with Gasteiger partial charge in [0.15, 0.2) is 0 Å². The number of hydrogen-bond acceptors (Lipinski definition) is 2. The van der Waals surface area contributed by atoms with Crippen molar-refractivity contribution in [3.63, 3.8) is 0 Å². The molecule has 0 amide bonds. The SMILES string of the molecule is CCC[C@H](Cc1cc(Cl)c(N)c(C(F)(F)F)c1)C(C)=O. The molecule has 0 unspecified atom stereocenters. The molecule has 1 atom stereocenters. The van der Waals surface area contributed by atoms with Gasteiger partial charge in [-0.3, -0.25) is 4.79 Å². The van der Waals surface area contributed by atoms with Crippen LogP contribution in [0, 0.1) is 5.92 Å². The summed E-state index contributed by atoms with van der Waals surface area (Å²) in [4.78, 5) is 11.5. The monoisotopic (exact) mass is 307 g/mol. The predicted octanol–water partition coefficient (Wildman–Crippen LogP) is 4.49. The van der Waals surface area contributed by atoms with Gasteiger partial charge in [0.2, 0.25) is 0 Å². The smallest absolute Gasteiger partial charge is 0.397 e. The average Bonchev–Trinajstić information content (AvgIpc) is 2.31. The average molecular weight is 308 g/mol. The van der Waals surface area contributed by atoms with E-state index in [0.29, 0.717) is 12.0 Å². The minimum Gasteiger partial charge on any atom is -0.397 e. The molecule has 0 saturated heterocycles. The van der Waals surface area contributed by atoms with E-state index in [1.807, 2.05) is 6.92 Å². The Bertz CT molecular complexity index is 500. The number of nitrogen functional groups attached to an aromatic ring is 1. The second-order valence-corrected chi connectivity index (χ2v) is 5.24. The van der Waals surface area contributed by atoms with Crippen LogP contribution in [0.4, 0.5) is 18.9 Å². The summed E-state index contributed by atoms with van der Waals surface area (Å²) < 4.78 is 38.5. The number of nitrogens with two attached hydrogens (primary N) is 1. The Balaban J connectivity index is 3.14. The molecule has 2 N–H and O–H groups in total. The van der Waals surface area contributed by atoms with Gasteiger partial charge in [0.1, 0.15) is 5.78 Å². The molecule has 1 aromatic carbocycles. The van der Waals surface area contributed by atoms with Gasteiger partial charge in [-0.2, -0.15) is 13.2 Å². The quantitative estimate of drug-likeness (QED) is 0.814. The molecular formula is C14H17ClF3NO. The Hall–Kier alpha value is -1.23. The molecule has 0 fully saturated rings. The molecule has 0 radical (unpaired) electrons. The highest BCUT2D eigenvalue weighted by Gasteiger charge is 2.34. The topological polar surface area (TPSA) is 43.1 Å². The Morgan fingerprint density at radius 2 is 2.00 bits per heavy atom. The third-order valence-corrected chi connectivity index (χ3v) is 3.50. The second kappa shape index (κ2) is 6.48. The van der Waals surface area contributed by atoms with E-state index in [0.717, 1.165) is 12.5 Å². The maximum Gasteiger partial charge on any atom is 0.418 e. The molecule has 1 aromatic rings. The van der Waals surface area contributed by atoms with E-state index in [4.69, 9.17) is 17.3 Å². The first kappa shape index (κ1) is 16.8. The summed E-state index contributed by atoms with van der Waals surface area (Å²) in [6.45, 7) is 3.37. The third kappa shape index (κ3) is 4.13. The van der Waals surface area contributed by atoms with Gasteiger partial charge in [0.05, 0.1) is 16.3 Å². The summed E-state index contributed by atoms with van der Waals surface area (Å²) in [5, 5.41) is -0.131. The zero-order chi connectivity index (χ0) is 15.5. The molecule has 0 aliphatic heterocycles. The van der Waals surface area contributed by atoms with E-state index >= 15 is 0 Å². The van der Waals surface area contributed by atoms with Crippen LogP contribution in [0.3, 0.4) is 0 Å². The number of Topliss-reactive ketones (excluding diaryl/α,β-unsaturated/α-hetero) is 1. The first-order chi connectivity index (χ1) is 9.16. The van der Waals surface area contributed by atoms with Crippen LogP contribution in [0.5, 0.6) is 0 Å². The highest BCUT2D eigenvalue weighted by molar-refractivity contribution is 6.33. The molecule has 0 aliphatic rings. The molecule has 112 valence electrons. The van der Waals surface area contributed by atoms with E-state index in [1.54, 1.807) is 0 Å². The van der Waals surface area contributed by atoms with E-state index in [2.05, 4.69) is 0 Å². The van der Waals surface area contributed by atoms with Crippen LogP contribution in [0.15, 0.2) is 12.1 Å². The van der Waals surface area contributed by atoms with E-state index in [-0.39, 0.29) is 23.1 Å². The van der Waals surface area contributed by atoms with Gasteiger partial charge < -0.3 is 5.73 Å². The standard InChI is InChI=1S/C14H17ClF3NO/c1-3-4-10(8(2)20)5-9-6-11(14(16,17)18)13(19)12(15)7-9/h6-7,10H,3-5,19H2,1-2H3/t10-/m1/s1. The molecule has 0 aromatic heterocycles. The van der Waals surface area contributed by atoms with E-state index in [1.165, 1.54) is 13.0 Å². The first-order valence-corrected chi connectivity index (χ1v) is 6.70. The van der Waals surface area contributed by atoms with Crippen molar-refractivity contribution in [3.8, 4) is 0 Å². The first-order valence-electron chi connectivity index (χ1n) is 6.32. The van der Waals surface area contributed by atoms with Crippen LogP contribution >= 0.6 is 11.6 Å². The molecule has 0 spiro atoms. The lowest BCUT2D eigenvalue weighted by atomic mass is 9.91. The highest BCUT2D eigenvalue weighted by atomic mass is 35.5. The molecule has 0 aliphatic carbocycles. The van der Waals surface area contributed by atoms with Crippen LogP contribution in [0.1, 0.15) is 37.8 Å². The maximum absolute atomic E-state index is 12.8. The van der Waals surface area contributed by atoms with Crippen molar-refractivity contribution in [2.75, 3.05) is 5.73 Å². The minimum absolute atomic E-state index is 0.0339. The number of benzene rings is 1. The normalized spacial score (nSPS) is 13.3. The fraction of sp³-hybridized carbons (Fsp3) is 0.500. The summed E-state index contributed by atoms with van der Waals surface area (Å²) in [6, 6.07) is 2.38. The van der Waals surface area contributed by atoms with Gasteiger partial charge in [0.25, 0.3) is 0 Å². The fourth-order valence-electron chi connectivity index (χ4n) is 2.11. The van der Waals surface area contributed by atoms with Gasteiger partial charge in [0, 0.05) is 5.92 Å². The lowest BCUT2D eigenvalue weighted by Gasteiger charge is -2.16. The molecule has 0 saturated carbocycles. The van der Waals surface area contributed by atoms with Crippen LogP contribution in [0.2, 0.25) is 5.02 Å². The highest BCUT2D eigenvalue weighted by Crippen LogP contribution is 2.38. The summed E-state index contributed by atoms with van der Waals surface area (Å²) in [5.74, 6) is -0.325. The number of carbonyl (C=O) groups is 1. The Morgan fingerprint density at radius 1 is 1.40 bits per heavy atom.